The largest absolute Gasteiger partial charge is 0.476 e. The van der Waals surface area contributed by atoms with Gasteiger partial charge >= 0.3 is 17.9 Å². The molecule has 0 atom stereocenters. The van der Waals surface area contributed by atoms with Crippen molar-refractivity contribution in [2.75, 3.05) is 66.1 Å². The van der Waals surface area contributed by atoms with Gasteiger partial charge in [-0.2, -0.15) is 0 Å². The number of hydrogen-bond acceptors (Lipinski definition) is 11. The van der Waals surface area contributed by atoms with Crippen LogP contribution in [-0.2, 0) is 47.6 Å². The Morgan fingerprint density at radius 3 is 1.54 bits per heavy atom. The fraction of sp³-hybridized carbons (Fsp3) is 0.522. The van der Waals surface area contributed by atoms with E-state index in [0.717, 1.165) is 0 Å². The molecule has 0 bridgehead atoms. The number of benzene rings is 1. The van der Waals surface area contributed by atoms with E-state index in [-0.39, 0.29) is 51.6 Å². The van der Waals surface area contributed by atoms with Gasteiger partial charge in [-0.05, 0) is 0 Å². The predicted octanol–water partition coefficient (Wildman–Crippen LogP) is 0.456. The second kappa shape index (κ2) is 19.2. The van der Waals surface area contributed by atoms with Crippen LogP contribution in [-0.4, -0.2) is 101 Å². The molecule has 0 aliphatic rings. The molecule has 12 heteroatoms. The van der Waals surface area contributed by atoms with Gasteiger partial charge in [0.15, 0.2) is 0 Å². The zero-order chi connectivity index (χ0) is 25.7. The van der Waals surface area contributed by atoms with Crippen molar-refractivity contribution in [1.82, 2.24) is 0 Å². The standard InChI is InChI=1S/C23H30O12/c24-19(22(27)28)6-7-20(25)34-16-14-32-12-10-30-8-9-31-11-13-33-15-17-35-23(29)21(26)18-4-2-1-3-5-18/h1-5H,6-17H2,(H,27,28). The van der Waals surface area contributed by atoms with Crippen molar-refractivity contribution < 1.29 is 57.5 Å². The van der Waals surface area contributed by atoms with Gasteiger partial charge in [0, 0.05) is 12.0 Å². The molecule has 1 N–H and O–H groups in total. The molecule has 0 fully saturated rings. The predicted molar refractivity (Wildman–Crippen MR) is 118 cm³/mol. The van der Waals surface area contributed by atoms with Crippen molar-refractivity contribution in [3.05, 3.63) is 35.9 Å². The molecule has 1 aromatic carbocycles. The lowest BCUT2D eigenvalue weighted by atomic mass is 10.1. The summed E-state index contributed by atoms with van der Waals surface area (Å²) in [6.45, 7) is 2.13. The molecule has 0 radical (unpaired) electrons. The number of carboxylic acids is 1. The van der Waals surface area contributed by atoms with Crippen LogP contribution in [0.25, 0.3) is 0 Å². The first-order valence-corrected chi connectivity index (χ1v) is 10.9. The quantitative estimate of drug-likeness (QED) is 0.108. The SMILES string of the molecule is O=C(CCC(=O)C(=O)O)OCCOCCOCCOCCOCCOC(=O)C(=O)c1ccccc1. The van der Waals surface area contributed by atoms with Gasteiger partial charge in [0.2, 0.25) is 5.78 Å². The molecule has 0 amide bonds. The van der Waals surface area contributed by atoms with Crippen LogP contribution >= 0.6 is 0 Å². The van der Waals surface area contributed by atoms with Gasteiger partial charge in [0.1, 0.15) is 13.2 Å². The first-order chi connectivity index (χ1) is 16.9. The summed E-state index contributed by atoms with van der Waals surface area (Å²) in [4.78, 5) is 55.9. The third-order valence-electron chi connectivity index (χ3n) is 4.08. The first-order valence-electron chi connectivity index (χ1n) is 10.9. The van der Waals surface area contributed by atoms with E-state index >= 15 is 0 Å². The molecule has 0 unspecified atom stereocenters. The Hall–Kier alpha value is -3.19. The Morgan fingerprint density at radius 1 is 0.600 bits per heavy atom. The topological polar surface area (TPSA) is 161 Å². The van der Waals surface area contributed by atoms with Crippen molar-refractivity contribution in [3.8, 4) is 0 Å². The van der Waals surface area contributed by atoms with Crippen LogP contribution in [0.1, 0.15) is 23.2 Å². The van der Waals surface area contributed by atoms with Gasteiger partial charge in [0.05, 0.1) is 59.3 Å². The molecule has 12 nitrogen and oxygen atoms in total. The summed E-state index contributed by atoms with van der Waals surface area (Å²) in [6, 6.07) is 8.14. The van der Waals surface area contributed by atoms with E-state index in [1.807, 2.05) is 0 Å². The first kappa shape index (κ1) is 29.8. The molecule has 1 rings (SSSR count). The van der Waals surface area contributed by atoms with Gasteiger partial charge in [-0.1, -0.05) is 30.3 Å². The highest BCUT2D eigenvalue weighted by atomic mass is 16.6. The average molecular weight is 498 g/mol. The van der Waals surface area contributed by atoms with Crippen molar-refractivity contribution >= 4 is 29.5 Å². The van der Waals surface area contributed by atoms with E-state index in [1.165, 1.54) is 12.1 Å². The highest BCUT2D eigenvalue weighted by molar-refractivity contribution is 6.40. The number of ketones is 2. The lowest BCUT2D eigenvalue weighted by Gasteiger charge is -2.08. The number of rotatable bonds is 21. The number of esters is 2. The minimum atomic E-state index is -1.57. The van der Waals surface area contributed by atoms with E-state index in [1.54, 1.807) is 18.2 Å². The van der Waals surface area contributed by atoms with Crippen LogP contribution in [0.4, 0.5) is 0 Å². The minimum Gasteiger partial charge on any atom is -0.476 e. The van der Waals surface area contributed by atoms with Crippen LogP contribution in [0.15, 0.2) is 30.3 Å². The Labute approximate surface area is 202 Å². The van der Waals surface area contributed by atoms with Crippen LogP contribution < -0.4 is 0 Å². The van der Waals surface area contributed by atoms with Crippen LogP contribution in [0, 0.1) is 0 Å². The van der Waals surface area contributed by atoms with Gasteiger partial charge < -0.3 is 33.5 Å². The smallest absolute Gasteiger partial charge is 0.379 e. The molecule has 0 heterocycles. The van der Waals surface area contributed by atoms with E-state index in [0.29, 0.717) is 26.4 Å². The molecular weight excluding hydrogens is 468 g/mol. The maximum atomic E-state index is 11.8. The highest BCUT2D eigenvalue weighted by Crippen LogP contribution is 2.01. The normalized spacial score (nSPS) is 10.5. The zero-order valence-corrected chi connectivity index (χ0v) is 19.3. The Morgan fingerprint density at radius 2 is 1.06 bits per heavy atom. The molecule has 0 aromatic heterocycles. The van der Waals surface area contributed by atoms with Crippen molar-refractivity contribution in [1.29, 1.82) is 0 Å². The number of Topliss-reactive ketones (excluding diaryl/α,β-unsaturated/α-hetero) is 2. The summed E-state index contributed by atoms with van der Waals surface area (Å²) < 4.78 is 30.7. The van der Waals surface area contributed by atoms with Crippen molar-refractivity contribution in [3.63, 3.8) is 0 Å². The van der Waals surface area contributed by atoms with Crippen LogP contribution in [0.2, 0.25) is 0 Å². The van der Waals surface area contributed by atoms with Gasteiger partial charge in [-0.3, -0.25) is 14.4 Å². The average Bonchev–Trinajstić information content (AvgIpc) is 2.86. The van der Waals surface area contributed by atoms with E-state index in [4.69, 9.17) is 33.5 Å². The highest BCUT2D eigenvalue weighted by Gasteiger charge is 2.17. The summed E-state index contributed by atoms with van der Waals surface area (Å²) in [5.74, 6) is -4.91. The number of aliphatic carboxylic acids is 1. The van der Waals surface area contributed by atoms with Gasteiger partial charge in [0.25, 0.3) is 5.78 Å². The van der Waals surface area contributed by atoms with Crippen LogP contribution in [0.3, 0.4) is 0 Å². The molecule has 0 saturated carbocycles. The second-order valence-electron chi connectivity index (χ2n) is 6.73. The third-order valence-corrected chi connectivity index (χ3v) is 4.08. The lowest BCUT2D eigenvalue weighted by molar-refractivity contribution is -0.151. The maximum absolute atomic E-state index is 11.8. The number of carbonyl (C=O) groups excluding carboxylic acids is 4. The summed E-state index contributed by atoms with van der Waals surface area (Å²) in [5.41, 5.74) is 0.271. The lowest BCUT2D eigenvalue weighted by Crippen LogP contribution is -2.20. The van der Waals surface area contributed by atoms with Gasteiger partial charge in [-0.15, -0.1) is 0 Å². The third kappa shape index (κ3) is 15.4. The van der Waals surface area contributed by atoms with Crippen LogP contribution in [0.5, 0.6) is 0 Å². The summed E-state index contributed by atoms with van der Waals surface area (Å²) in [6.07, 6.45) is -0.688. The molecular formula is C23H30O12. The monoisotopic (exact) mass is 498 g/mol. The van der Waals surface area contributed by atoms with Crippen molar-refractivity contribution in [2.45, 2.75) is 12.8 Å². The number of carboxylic acid groups (broad SMARTS) is 1. The fourth-order valence-electron chi connectivity index (χ4n) is 2.34. The molecule has 35 heavy (non-hydrogen) atoms. The number of carbonyl (C=O) groups is 5. The molecule has 0 spiro atoms. The molecule has 194 valence electrons. The molecule has 0 saturated heterocycles. The van der Waals surface area contributed by atoms with E-state index in [9.17, 15) is 24.0 Å². The molecule has 0 aliphatic carbocycles. The molecule has 1 aromatic rings. The maximum Gasteiger partial charge on any atom is 0.379 e. The number of hydrogen-bond donors (Lipinski definition) is 1. The Kier molecular flexibility index (Phi) is 16.3. The van der Waals surface area contributed by atoms with E-state index in [2.05, 4.69) is 0 Å². The molecule has 0 aliphatic heterocycles. The van der Waals surface area contributed by atoms with Crippen molar-refractivity contribution in [2.24, 2.45) is 0 Å². The zero-order valence-electron chi connectivity index (χ0n) is 19.3. The summed E-state index contributed by atoms with van der Waals surface area (Å²) in [5, 5.41) is 8.40. The van der Waals surface area contributed by atoms with E-state index < -0.39 is 35.9 Å². The Bertz CT molecular complexity index is 793. The minimum absolute atomic E-state index is 0.00819. The fourth-order valence-corrected chi connectivity index (χ4v) is 2.34. The number of ether oxygens (including phenoxy) is 6. The van der Waals surface area contributed by atoms with Gasteiger partial charge in [-0.25, -0.2) is 9.59 Å². The summed E-state index contributed by atoms with van der Waals surface area (Å²) >= 11 is 0. The Balaban J connectivity index is 1.82. The summed E-state index contributed by atoms with van der Waals surface area (Å²) in [7, 11) is 0. The second-order valence-corrected chi connectivity index (χ2v) is 6.73.